The quantitative estimate of drug-likeness (QED) is 0.810. The molecule has 0 unspecified atom stereocenters. The van der Waals surface area contributed by atoms with Gasteiger partial charge in [0.2, 0.25) is 0 Å². The smallest absolute Gasteiger partial charge is 0.0735 e. The monoisotopic (exact) mass is 303 g/mol. The Labute approximate surface area is 132 Å². The van der Waals surface area contributed by atoms with E-state index < -0.39 is 0 Å². The molecule has 0 radical (unpaired) electrons. The molecule has 0 aliphatic heterocycles. The summed E-state index contributed by atoms with van der Waals surface area (Å²) in [7, 11) is 0. The van der Waals surface area contributed by atoms with Gasteiger partial charge < -0.3 is 10.1 Å². The van der Waals surface area contributed by atoms with Crippen LogP contribution in [-0.2, 0) is 24.5 Å². The number of ether oxygens (including phenoxy) is 1. The van der Waals surface area contributed by atoms with Crippen LogP contribution in [0.15, 0.2) is 48.5 Å². The summed E-state index contributed by atoms with van der Waals surface area (Å²) in [6, 6.07) is 16.8. The van der Waals surface area contributed by atoms with Crippen LogP contribution in [-0.4, -0.2) is 6.04 Å². The van der Waals surface area contributed by atoms with Crippen LogP contribution in [0.25, 0.3) is 0 Å². The Morgan fingerprint density at radius 2 is 1.62 bits per heavy atom. The van der Waals surface area contributed by atoms with Crippen molar-refractivity contribution in [2.45, 2.75) is 39.6 Å². The Kier molecular flexibility index (Phi) is 6.24. The Hall–Kier alpha value is -1.35. The standard InChI is InChI=1S/C18H22ClNO/c1-14(2)20-11-15-7-9-16(10-8-15)12-21-13-17-5-3-4-6-18(17)19/h3-10,14,20H,11-13H2,1-2H3. The zero-order valence-electron chi connectivity index (χ0n) is 12.6. The second kappa shape index (κ2) is 8.18. The Balaban J connectivity index is 1.80. The highest BCUT2D eigenvalue weighted by Gasteiger charge is 2.00. The minimum absolute atomic E-state index is 0.503. The molecule has 0 fully saturated rings. The zero-order valence-corrected chi connectivity index (χ0v) is 13.4. The largest absolute Gasteiger partial charge is 0.372 e. The third-order valence-electron chi connectivity index (χ3n) is 3.22. The molecular formula is C18H22ClNO. The summed E-state index contributed by atoms with van der Waals surface area (Å²) in [4.78, 5) is 0. The fourth-order valence-corrected chi connectivity index (χ4v) is 2.16. The molecule has 0 spiro atoms. The van der Waals surface area contributed by atoms with Gasteiger partial charge in [-0.25, -0.2) is 0 Å². The predicted molar refractivity (Wildman–Crippen MR) is 88.4 cm³/mol. The number of nitrogens with one attached hydrogen (secondary N) is 1. The van der Waals surface area contributed by atoms with Gasteiger partial charge in [-0.1, -0.05) is 67.9 Å². The van der Waals surface area contributed by atoms with Gasteiger partial charge in [-0.05, 0) is 22.8 Å². The van der Waals surface area contributed by atoms with E-state index in [0.717, 1.165) is 17.1 Å². The molecule has 0 aromatic heterocycles. The highest BCUT2D eigenvalue weighted by molar-refractivity contribution is 6.31. The molecule has 2 rings (SSSR count). The van der Waals surface area contributed by atoms with Gasteiger partial charge in [0.05, 0.1) is 13.2 Å². The Morgan fingerprint density at radius 1 is 0.952 bits per heavy atom. The van der Waals surface area contributed by atoms with E-state index in [1.54, 1.807) is 0 Å². The second-order valence-corrected chi connectivity index (χ2v) is 5.84. The first-order valence-electron chi connectivity index (χ1n) is 7.27. The summed E-state index contributed by atoms with van der Waals surface area (Å²) in [5.74, 6) is 0. The minimum Gasteiger partial charge on any atom is -0.372 e. The summed E-state index contributed by atoms with van der Waals surface area (Å²) < 4.78 is 5.72. The van der Waals surface area contributed by atoms with E-state index in [-0.39, 0.29) is 0 Å². The topological polar surface area (TPSA) is 21.3 Å². The zero-order chi connectivity index (χ0) is 15.1. The van der Waals surface area contributed by atoms with Crippen LogP contribution in [0, 0.1) is 0 Å². The number of benzene rings is 2. The van der Waals surface area contributed by atoms with Crippen molar-refractivity contribution >= 4 is 11.6 Å². The van der Waals surface area contributed by atoms with E-state index in [9.17, 15) is 0 Å². The van der Waals surface area contributed by atoms with Crippen molar-refractivity contribution in [3.63, 3.8) is 0 Å². The normalized spacial score (nSPS) is 11.0. The van der Waals surface area contributed by atoms with Gasteiger partial charge in [-0.3, -0.25) is 0 Å². The van der Waals surface area contributed by atoms with Crippen molar-refractivity contribution < 1.29 is 4.74 Å². The molecule has 0 atom stereocenters. The fraction of sp³-hybridized carbons (Fsp3) is 0.333. The van der Waals surface area contributed by atoms with Crippen molar-refractivity contribution in [1.29, 1.82) is 0 Å². The summed E-state index contributed by atoms with van der Waals surface area (Å²) in [6.07, 6.45) is 0. The molecule has 0 saturated carbocycles. The lowest BCUT2D eigenvalue weighted by Crippen LogP contribution is -2.21. The van der Waals surface area contributed by atoms with E-state index in [1.165, 1.54) is 11.1 Å². The third kappa shape index (κ3) is 5.50. The lowest BCUT2D eigenvalue weighted by atomic mass is 10.1. The van der Waals surface area contributed by atoms with Gasteiger partial charge in [0.15, 0.2) is 0 Å². The maximum Gasteiger partial charge on any atom is 0.0735 e. The van der Waals surface area contributed by atoms with E-state index in [1.807, 2.05) is 24.3 Å². The number of rotatable bonds is 7. The van der Waals surface area contributed by atoms with Crippen LogP contribution in [0.5, 0.6) is 0 Å². The maximum absolute atomic E-state index is 6.10. The number of hydrogen-bond acceptors (Lipinski definition) is 2. The minimum atomic E-state index is 0.503. The van der Waals surface area contributed by atoms with Gasteiger partial charge in [-0.2, -0.15) is 0 Å². The SMILES string of the molecule is CC(C)NCc1ccc(COCc2ccccc2Cl)cc1. The summed E-state index contributed by atoms with van der Waals surface area (Å²) in [5, 5.41) is 4.16. The van der Waals surface area contributed by atoms with Gasteiger partial charge in [-0.15, -0.1) is 0 Å². The molecule has 0 bridgehead atoms. The number of halogens is 1. The summed E-state index contributed by atoms with van der Waals surface area (Å²) in [5.41, 5.74) is 3.49. The van der Waals surface area contributed by atoms with Crippen LogP contribution in [0.3, 0.4) is 0 Å². The van der Waals surface area contributed by atoms with Crippen LogP contribution >= 0.6 is 11.6 Å². The molecule has 2 nitrogen and oxygen atoms in total. The average Bonchev–Trinajstić information content (AvgIpc) is 2.48. The van der Waals surface area contributed by atoms with Crippen LogP contribution in [0.4, 0.5) is 0 Å². The molecule has 0 saturated heterocycles. The first kappa shape index (κ1) is 16.0. The van der Waals surface area contributed by atoms with Gasteiger partial charge in [0.1, 0.15) is 0 Å². The lowest BCUT2D eigenvalue weighted by Gasteiger charge is -2.09. The molecule has 0 amide bonds. The van der Waals surface area contributed by atoms with Crippen molar-refractivity contribution in [2.24, 2.45) is 0 Å². The molecule has 21 heavy (non-hydrogen) atoms. The Morgan fingerprint density at radius 3 is 2.29 bits per heavy atom. The van der Waals surface area contributed by atoms with Gasteiger partial charge >= 0.3 is 0 Å². The van der Waals surface area contributed by atoms with E-state index in [2.05, 4.69) is 43.4 Å². The predicted octanol–water partition coefficient (Wildman–Crippen LogP) is 4.55. The maximum atomic E-state index is 6.10. The van der Waals surface area contributed by atoms with Crippen LogP contribution in [0.1, 0.15) is 30.5 Å². The molecule has 0 aliphatic rings. The van der Waals surface area contributed by atoms with Crippen LogP contribution in [0.2, 0.25) is 5.02 Å². The molecular weight excluding hydrogens is 282 g/mol. The number of hydrogen-bond donors (Lipinski definition) is 1. The molecule has 0 heterocycles. The van der Waals surface area contributed by atoms with Crippen molar-refractivity contribution in [3.05, 3.63) is 70.2 Å². The fourth-order valence-electron chi connectivity index (χ4n) is 1.97. The molecule has 0 aliphatic carbocycles. The molecule has 2 aromatic carbocycles. The lowest BCUT2D eigenvalue weighted by molar-refractivity contribution is 0.107. The van der Waals surface area contributed by atoms with Crippen molar-refractivity contribution in [2.75, 3.05) is 0 Å². The first-order chi connectivity index (χ1) is 10.1. The first-order valence-corrected chi connectivity index (χ1v) is 7.65. The third-order valence-corrected chi connectivity index (χ3v) is 3.59. The van der Waals surface area contributed by atoms with E-state index in [0.29, 0.717) is 19.3 Å². The van der Waals surface area contributed by atoms with Crippen molar-refractivity contribution in [1.82, 2.24) is 5.32 Å². The molecule has 2 aromatic rings. The molecule has 112 valence electrons. The highest BCUT2D eigenvalue weighted by Crippen LogP contribution is 2.16. The average molecular weight is 304 g/mol. The van der Waals surface area contributed by atoms with Crippen molar-refractivity contribution in [3.8, 4) is 0 Å². The van der Waals surface area contributed by atoms with E-state index >= 15 is 0 Å². The van der Waals surface area contributed by atoms with Gasteiger partial charge in [0, 0.05) is 17.6 Å². The molecule has 1 N–H and O–H groups in total. The van der Waals surface area contributed by atoms with Crippen LogP contribution < -0.4 is 5.32 Å². The summed E-state index contributed by atoms with van der Waals surface area (Å²) in [6.45, 7) is 6.34. The second-order valence-electron chi connectivity index (χ2n) is 5.44. The van der Waals surface area contributed by atoms with Gasteiger partial charge in [0.25, 0.3) is 0 Å². The highest BCUT2D eigenvalue weighted by atomic mass is 35.5. The summed E-state index contributed by atoms with van der Waals surface area (Å²) >= 11 is 6.10. The Bertz CT molecular complexity index is 551. The molecule has 3 heteroatoms. The van der Waals surface area contributed by atoms with E-state index in [4.69, 9.17) is 16.3 Å².